The van der Waals surface area contributed by atoms with E-state index in [1.165, 1.54) is 4.90 Å². The molecule has 1 saturated carbocycles. The molecule has 0 aliphatic heterocycles. The second-order valence-corrected chi connectivity index (χ2v) is 5.34. The highest BCUT2D eigenvalue weighted by Gasteiger charge is 2.36. The topological polar surface area (TPSA) is 60.9 Å². The zero-order valence-electron chi connectivity index (χ0n) is 12.3. The molecular weight excluding hydrogens is 244 g/mol. The number of carbonyl (C=O) groups excluding carboxylic acids is 1. The summed E-state index contributed by atoms with van der Waals surface area (Å²) in [6, 6.07) is 0.193. The summed E-state index contributed by atoms with van der Waals surface area (Å²) in [7, 11) is 0. The van der Waals surface area contributed by atoms with E-state index in [2.05, 4.69) is 13.8 Å². The summed E-state index contributed by atoms with van der Waals surface area (Å²) < 4.78 is 0. The molecule has 5 heteroatoms. The first-order chi connectivity index (χ1) is 9.01. The number of carbonyl (C=O) groups is 2. The summed E-state index contributed by atoms with van der Waals surface area (Å²) in [6.45, 7) is 6.71. The molecule has 1 unspecified atom stereocenters. The van der Waals surface area contributed by atoms with Crippen LogP contribution in [0.25, 0.3) is 0 Å². The molecule has 0 aromatic rings. The van der Waals surface area contributed by atoms with Gasteiger partial charge >= 0.3 is 12.0 Å². The van der Waals surface area contributed by atoms with Gasteiger partial charge in [-0.25, -0.2) is 4.79 Å². The Morgan fingerprint density at radius 1 is 1.32 bits per heavy atom. The fourth-order valence-electron chi connectivity index (χ4n) is 2.10. The van der Waals surface area contributed by atoms with Crippen LogP contribution in [0.1, 0.15) is 52.9 Å². The number of carboxylic acid groups (broad SMARTS) is 1. The molecule has 1 atom stereocenters. The lowest BCUT2D eigenvalue weighted by molar-refractivity contribution is -0.137. The van der Waals surface area contributed by atoms with Crippen molar-refractivity contribution in [2.24, 2.45) is 0 Å². The number of nitrogens with zero attached hydrogens (tertiary/aromatic N) is 2. The maximum atomic E-state index is 12.6. The standard InChI is InChI=1S/C14H26N2O3/c1-4-6-9-15(11(3)5-2)14(19)16(10-13(17)18)12-7-8-12/h11-12H,4-10H2,1-3H3,(H,17,18). The molecule has 5 nitrogen and oxygen atoms in total. The number of rotatable bonds is 8. The highest BCUT2D eigenvalue weighted by atomic mass is 16.4. The Balaban J connectivity index is 2.73. The Hall–Kier alpha value is -1.26. The zero-order valence-corrected chi connectivity index (χ0v) is 12.3. The summed E-state index contributed by atoms with van der Waals surface area (Å²) in [4.78, 5) is 26.8. The molecule has 0 aromatic carbocycles. The summed E-state index contributed by atoms with van der Waals surface area (Å²) in [6.07, 6.45) is 4.74. The third-order valence-electron chi connectivity index (χ3n) is 3.66. The first kappa shape index (κ1) is 15.8. The van der Waals surface area contributed by atoms with Crippen molar-refractivity contribution in [2.75, 3.05) is 13.1 Å². The predicted octanol–water partition coefficient (Wildman–Crippen LogP) is 2.56. The van der Waals surface area contributed by atoms with Gasteiger partial charge in [0, 0.05) is 18.6 Å². The normalized spacial score (nSPS) is 15.9. The minimum atomic E-state index is -0.931. The molecule has 0 saturated heterocycles. The highest BCUT2D eigenvalue weighted by molar-refractivity contribution is 5.81. The van der Waals surface area contributed by atoms with E-state index in [1.807, 2.05) is 11.8 Å². The molecule has 1 rings (SSSR count). The number of amides is 2. The van der Waals surface area contributed by atoms with Gasteiger partial charge in [0.2, 0.25) is 0 Å². The van der Waals surface area contributed by atoms with Crippen LogP contribution in [0.5, 0.6) is 0 Å². The summed E-state index contributed by atoms with van der Waals surface area (Å²) in [5.41, 5.74) is 0. The molecule has 19 heavy (non-hydrogen) atoms. The fourth-order valence-corrected chi connectivity index (χ4v) is 2.10. The summed E-state index contributed by atoms with van der Waals surface area (Å²) in [5.74, 6) is -0.931. The van der Waals surface area contributed by atoms with Crippen molar-refractivity contribution in [3.8, 4) is 0 Å². The maximum Gasteiger partial charge on any atom is 0.323 e. The van der Waals surface area contributed by atoms with Crippen molar-refractivity contribution < 1.29 is 14.7 Å². The fraction of sp³-hybridized carbons (Fsp3) is 0.857. The molecule has 2 amide bonds. The first-order valence-electron chi connectivity index (χ1n) is 7.30. The van der Waals surface area contributed by atoms with Crippen LogP contribution in [-0.4, -0.2) is 52.1 Å². The molecule has 1 aliphatic rings. The van der Waals surface area contributed by atoms with Crippen LogP contribution >= 0.6 is 0 Å². The predicted molar refractivity (Wildman–Crippen MR) is 74.1 cm³/mol. The molecule has 0 spiro atoms. The van der Waals surface area contributed by atoms with E-state index >= 15 is 0 Å². The van der Waals surface area contributed by atoms with Gasteiger partial charge in [-0.1, -0.05) is 20.3 Å². The monoisotopic (exact) mass is 270 g/mol. The van der Waals surface area contributed by atoms with Gasteiger partial charge in [0.05, 0.1) is 0 Å². The minimum Gasteiger partial charge on any atom is -0.480 e. The van der Waals surface area contributed by atoms with Crippen LogP contribution in [0.2, 0.25) is 0 Å². The highest BCUT2D eigenvalue weighted by Crippen LogP contribution is 2.28. The molecule has 1 aliphatic carbocycles. The lowest BCUT2D eigenvalue weighted by Gasteiger charge is -2.34. The molecular formula is C14H26N2O3. The molecule has 1 fully saturated rings. The van der Waals surface area contributed by atoms with E-state index in [0.29, 0.717) is 6.54 Å². The Bertz CT molecular complexity index is 316. The largest absolute Gasteiger partial charge is 0.480 e. The van der Waals surface area contributed by atoms with Crippen LogP contribution in [0.15, 0.2) is 0 Å². The van der Waals surface area contributed by atoms with Crippen molar-refractivity contribution in [1.82, 2.24) is 9.80 Å². The van der Waals surface area contributed by atoms with E-state index in [0.717, 1.165) is 32.1 Å². The van der Waals surface area contributed by atoms with Gasteiger partial charge in [-0.05, 0) is 32.6 Å². The Morgan fingerprint density at radius 2 is 1.95 bits per heavy atom. The smallest absolute Gasteiger partial charge is 0.323 e. The second kappa shape index (κ2) is 7.36. The maximum absolute atomic E-state index is 12.6. The van der Waals surface area contributed by atoms with Crippen molar-refractivity contribution in [3.05, 3.63) is 0 Å². The molecule has 0 heterocycles. The number of carboxylic acids is 1. The van der Waals surface area contributed by atoms with Crippen LogP contribution in [-0.2, 0) is 4.79 Å². The molecule has 1 N–H and O–H groups in total. The van der Waals surface area contributed by atoms with E-state index in [1.54, 1.807) is 0 Å². The third kappa shape index (κ3) is 4.73. The van der Waals surface area contributed by atoms with Gasteiger partial charge in [0.15, 0.2) is 0 Å². The van der Waals surface area contributed by atoms with Gasteiger partial charge in [-0.15, -0.1) is 0 Å². The van der Waals surface area contributed by atoms with Crippen molar-refractivity contribution in [1.29, 1.82) is 0 Å². The zero-order chi connectivity index (χ0) is 14.4. The van der Waals surface area contributed by atoms with Gasteiger partial charge in [-0.2, -0.15) is 0 Å². The van der Waals surface area contributed by atoms with Crippen molar-refractivity contribution >= 4 is 12.0 Å². The van der Waals surface area contributed by atoms with Crippen LogP contribution < -0.4 is 0 Å². The third-order valence-corrected chi connectivity index (χ3v) is 3.66. The molecule has 110 valence electrons. The van der Waals surface area contributed by atoms with Gasteiger partial charge in [0.1, 0.15) is 6.54 Å². The van der Waals surface area contributed by atoms with Crippen LogP contribution in [0, 0.1) is 0 Å². The minimum absolute atomic E-state index is 0.104. The Morgan fingerprint density at radius 3 is 2.37 bits per heavy atom. The van der Waals surface area contributed by atoms with E-state index in [4.69, 9.17) is 5.11 Å². The van der Waals surface area contributed by atoms with Crippen LogP contribution in [0.3, 0.4) is 0 Å². The van der Waals surface area contributed by atoms with Gasteiger partial charge in [-0.3, -0.25) is 4.79 Å². The molecule has 0 bridgehead atoms. The first-order valence-corrected chi connectivity index (χ1v) is 7.30. The number of aliphatic carboxylic acids is 1. The Labute approximate surface area is 115 Å². The molecule has 0 aromatic heterocycles. The van der Waals surface area contributed by atoms with Crippen molar-refractivity contribution in [3.63, 3.8) is 0 Å². The molecule has 0 radical (unpaired) electrons. The van der Waals surface area contributed by atoms with E-state index in [9.17, 15) is 9.59 Å². The lowest BCUT2D eigenvalue weighted by Crippen LogP contribution is -2.50. The number of unbranched alkanes of at least 4 members (excludes halogenated alkanes) is 1. The van der Waals surface area contributed by atoms with Gasteiger partial charge in [0.25, 0.3) is 0 Å². The quantitative estimate of drug-likeness (QED) is 0.737. The van der Waals surface area contributed by atoms with Crippen LogP contribution in [0.4, 0.5) is 4.79 Å². The number of urea groups is 1. The Kier molecular flexibility index (Phi) is 6.12. The van der Waals surface area contributed by atoms with Gasteiger partial charge < -0.3 is 14.9 Å². The summed E-state index contributed by atoms with van der Waals surface area (Å²) in [5, 5.41) is 8.95. The number of hydrogen-bond acceptors (Lipinski definition) is 2. The lowest BCUT2D eigenvalue weighted by atomic mass is 10.2. The number of hydrogen-bond donors (Lipinski definition) is 1. The average molecular weight is 270 g/mol. The van der Waals surface area contributed by atoms with E-state index < -0.39 is 5.97 Å². The second-order valence-electron chi connectivity index (χ2n) is 5.34. The SMILES string of the molecule is CCCCN(C(=O)N(CC(=O)O)C1CC1)C(C)CC. The summed E-state index contributed by atoms with van der Waals surface area (Å²) >= 11 is 0. The van der Waals surface area contributed by atoms with E-state index in [-0.39, 0.29) is 24.7 Å². The average Bonchev–Trinajstić information content (AvgIpc) is 3.19. The van der Waals surface area contributed by atoms with Crippen molar-refractivity contribution in [2.45, 2.75) is 65.0 Å².